The highest BCUT2D eigenvalue weighted by molar-refractivity contribution is 7.87. The van der Waals surface area contributed by atoms with Crippen LogP contribution in [0.15, 0.2) is 12.3 Å². The van der Waals surface area contributed by atoms with E-state index in [9.17, 15) is 26.4 Å². The molecule has 1 aliphatic rings. The predicted octanol–water partition coefficient (Wildman–Crippen LogP) is 2.01. The summed E-state index contributed by atoms with van der Waals surface area (Å²) in [5.74, 6) is -0.673. The highest BCUT2D eigenvalue weighted by Crippen LogP contribution is 2.27. The molecule has 28 heavy (non-hydrogen) atoms. The van der Waals surface area contributed by atoms with Crippen LogP contribution in [0.4, 0.5) is 23.9 Å². The summed E-state index contributed by atoms with van der Waals surface area (Å²) in [5.41, 5.74) is -6.15. The lowest BCUT2D eigenvalue weighted by atomic mass is 10.0. The molecule has 1 aromatic rings. The Morgan fingerprint density at radius 2 is 1.93 bits per heavy atom. The maximum atomic E-state index is 12.4. The Bertz CT molecular complexity index is 820. The molecule has 2 rings (SSSR count). The van der Waals surface area contributed by atoms with Crippen molar-refractivity contribution >= 4 is 22.2 Å². The van der Waals surface area contributed by atoms with Crippen LogP contribution in [0.5, 0.6) is 5.88 Å². The number of amides is 1. The number of rotatable bonds is 5. The molecule has 2 heterocycles. The normalized spacial score (nSPS) is 15.8. The molecule has 0 aliphatic carbocycles. The number of halogens is 3. The molecular formula is C15H21F3N4O5S. The smallest absolute Gasteiger partial charge is 0.444 e. The van der Waals surface area contributed by atoms with E-state index in [0.29, 0.717) is 19.6 Å². The Morgan fingerprint density at radius 1 is 1.32 bits per heavy atom. The van der Waals surface area contributed by atoms with Crippen molar-refractivity contribution in [2.24, 2.45) is 5.92 Å². The van der Waals surface area contributed by atoms with Gasteiger partial charge in [0.15, 0.2) is 0 Å². The second-order valence-corrected chi connectivity index (χ2v) is 8.85. The number of aromatic nitrogens is 2. The van der Waals surface area contributed by atoms with Gasteiger partial charge in [0, 0.05) is 44.9 Å². The van der Waals surface area contributed by atoms with Crippen LogP contribution in [-0.4, -0.2) is 67.2 Å². The summed E-state index contributed by atoms with van der Waals surface area (Å²) < 4.78 is 68.6. The minimum Gasteiger partial charge on any atom is -0.444 e. The van der Waals surface area contributed by atoms with Gasteiger partial charge < -0.3 is 18.7 Å². The third-order valence-electron chi connectivity index (χ3n) is 3.58. The number of nitrogens with zero attached hydrogens (tertiary/aromatic N) is 4. The zero-order valence-corrected chi connectivity index (χ0v) is 16.5. The first-order chi connectivity index (χ1) is 12.7. The Kier molecular flexibility index (Phi) is 5.97. The van der Waals surface area contributed by atoms with E-state index >= 15 is 0 Å². The first-order valence-electron chi connectivity index (χ1n) is 8.21. The monoisotopic (exact) mass is 426 g/mol. The van der Waals surface area contributed by atoms with Gasteiger partial charge in [-0.1, -0.05) is 0 Å². The van der Waals surface area contributed by atoms with Crippen LogP contribution in [0.1, 0.15) is 20.8 Å². The third kappa shape index (κ3) is 5.59. The lowest BCUT2D eigenvalue weighted by Gasteiger charge is -2.41. The van der Waals surface area contributed by atoms with E-state index in [1.807, 2.05) is 0 Å². The highest BCUT2D eigenvalue weighted by Gasteiger charge is 2.49. The van der Waals surface area contributed by atoms with Crippen molar-refractivity contribution in [3.63, 3.8) is 0 Å². The van der Waals surface area contributed by atoms with E-state index in [2.05, 4.69) is 14.2 Å². The lowest BCUT2D eigenvalue weighted by Crippen LogP contribution is -2.54. The Labute approximate surface area is 160 Å². The van der Waals surface area contributed by atoms with Crippen LogP contribution in [0.25, 0.3) is 0 Å². The molecule has 13 heteroatoms. The van der Waals surface area contributed by atoms with Crippen LogP contribution in [-0.2, 0) is 14.9 Å². The molecule has 1 amide bonds. The summed E-state index contributed by atoms with van der Waals surface area (Å²) in [6, 6.07) is 0.911. The highest BCUT2D eigenvalue weighted by atomic mass is 32.2. The molecule has 0 radical (unpaired) electrons. The summed E-state index contributed by atoms with van der Waals surface area (Å²) in [6.07, 6.45) is 0.670. The van der Waals surface area contributed by atoms with Gasteiger partial charge in [0.05, 0.1) is 0 Å². The Hall–Kier alpha value is -2.31. The number of anilines is 1. The molecular weight excluding hydrogens is 405 g/mol. The fraction of sp³-hybridized carbons (Fsp3) is 0.667. The summed E-state index contributed by atoms with van der Waals surface area (Å²) in [5, 5.41) is 0. The van der Waals surface area contributed by atoms with Gasteiger partial charge in [0.1, 0.15) is 5.60 Å². The molecule has 0 unspecified atom stereocenters. The van der Waals surface area contributed by atoms with Crippen molar-refractivity contribution in [2.45, 2.75) is 31.9 Å². The van der Waals surface area contributed by atoms with Gasteiger partial charge in [0.2, 0.25) is 11.8 Å². The van der Waals surface area contributed by atoms with Gasteiger partial charge in [-0.2, -0.15) is 26.6 Å². The van der Waals surface area contributed by atoms with E-state index in [1.54, 1.807) is 27.8 Å². The minimum atomic E-state index is -5.81. The zero-order chi connectivity index (χ0) is 21.3. The summed E-state index contributed by atoms with van der Waals surface area (Å²) in [4.78, 5) is 22.6. The molecule has 1 saturated heterocycles. The van der Waals surface area contributed by atoms with E-state index in [-0.39, 0.29) is 11.9 Å². The molecule has 0 atom stereocenters. The molecule has 0 aromatic carbocycles. The number of likely N-dealkylation sites (tertiary alicyclic amines) is 1. The largest absolute Gasteiger partial charge is 0.534 e. The van der Waals surface area contributed by atoms with Crippen molar-refractivity contribution in [3.8, 4) is 5.88 Å². The predicted molar refractivity (Wildman–Crippen MR) is 92.2 cm³/mol. The van der Waals surface area contributed by atoms with Gasteiger partial charge in [-0.25, -0.2) is 9.78 Å². The van der Waals surface area contributed by atoms with Crippen LogP contribution < -0.4 is 9.08 Å². The molecule has 0 N–H and O–H groups in total. The minimum absolute atomic E-state index is 0.00871. The van der Waals surface area contributed by atoms with Crippen molar-refractivity contribution in [3.05, 3.63) is 12.3 Å². The molecule has 1 fully saturated rings. The van der Waals surface area contributed by atoms with E-state index in [1.165, 1.54) is 9.80 Å². The first-order valence-corrected chi connectivity index (χ1v) is 9.61. The lowest BCUT2D eigenvalue weighted by molar-refractivity contribution is -0.0501. The molecule has 0 saturated carbocycles. The van der Waals surface area contributed by atoms with Gasteiger partial charge >= 0.3 is 21.7 Å². The third-order valence-corrected chi connectivity index (χ3v) is 4.54. The molecule has 9 nitrogen and oxygen atoms in total. The standard InChI is InChI=1S/C15H21F3N4O5S/c1-14(2,3)26-13(23)22-8-10(9-22)7-21(4)12-19-6-5-11(20-12)27-28(24,25)15(16,17)18/h5-6,10H,7-9H2,1-4H3. The van der Waals surface area contributed by atoms with Crippen molar-refractivity contribution < 1.29 is 35.3 Å². The van der Waals surface area contributed by atoms with E-state index in [4.69, 9.17) is 4.74 Å². The molecule has 158 valence electrons. The van der Waals surface area contributed by atoms with Gasteiger partial charge in [-0.15, -0.1) is 0 Å². The maximum absolute atomic E-state index is 12.4. The second kappa shape index (κ2) is 7.60. The molecule has 1 aliphatic heterocycles. The van der Waals surface area contributed by atoms with E-state index in [0.717, 1.165) is 12.3 Å². The van der Waals surface area contributed by atoms with Gasteiger partial charge in [-0.05, 0) is 20.8 Å². The second-order valence-electron chi connectivity index (χ2n) is 7.31. The van der Waals surface area contributed by atoms with Gasteiger partial charge in [-0.3, -0.25) is 0 Å². The van der Waals surface area contributed by atoms with E-state index < -0.39 is 33.2 Å². The first kappa shape index (κ1) is 22.0. The van der Waals surface area contributed by atoms with Crippen LogP contribution in [0.3, 0.4) is 0 Å². The van der Waals surface area contributed by atoms with Crippen LogP contribution in [0, 0.1) is 5.92 Å². The molecule has 0 spiro atoms. The molecule has 0 bridgehead atoms. The average Bonchev–Trinajstić information content (AvgIpc) is 2.47. The van der Waals surface area contributed by atoms with Crippen molar-refractivity contribution in [2.75, 3.05) is 31.6 Å². The summed E-state index contributed by atoms with van der Waals surface area (Å²) in [6.45, 7) is 6.58. The molecule has 1 aromatic heterocycles. The number of alkyl halides is 3. The summed E-state index contributed by atoms with van der Waals surface area (Å²) >= 11 is 0. The number of hydrogen-bond acceptors (Lipinski definition) is 8. The maximum Gasteiger partial charge on any atom is 0.534 e. The van der Waals surface area contributed by atoms with Gasteiger partial charge in [0.25, 0.3) is 0 Å². The number of carbonyl (C=O) groups excluding carboxylic acids is 1. The summed E-state index contributed by atoms with van der Waals surface area (Å²) in [7, 11) is -4.22. The fourth-order valence-corrected chi connectivity index (χ4v) is 2.76. The number of ether oxygens (including phenoxy) is 1. The quantitative estimate of drug-likeness (QED) is 0.521. The average molecular weight is 426 g/mol. The number of carbonyl (C=O) groups is 1. The van der Waals surface area contributed by atoms with Crippen LogP contribution in [0.2, 0.25) is 0 Å². The Balaban J connectivity index is 1.93. The fourth-order valence-electron chi connectivity index (χ4n) is 2.35. The SMILES string of the molecule is CN(CC1CN(C(=O)OC(C)(C)C)C1)c1nccc(OS(=O)(=O)C(F)(F)F)n1. The topological polar surface area (TPSA) is 102 Å². The number of hydrogen-bond donors (Lipinski definition) is 0. The van der Waals surface area contributed by atoms with Crippen molar-refractivity contribution in [1.29, 1.82) is 0 Å². The van der Waals surface area contributed by atoms with Crippen molar-refractivity contribution in [1.82, 2.24) is 14.9 Å². The zero-order valence-electron chi connectivity index (χ0n) is 15.7. The Morgan fingerprint density at radius 3 is 2.46 bits per heavy atom. The van der Waals surface area contributed by atoms with Crippen LogP contribution >= 0.6 is 0 Å².